The molecule has 14 heavy (non-hydrogen) atoms. The molecule has 2 N–H and O–H groups in total. The van der Waals surface area contributed by atoms with Crippen LogP contribution < -0.4 is 5.73 Å². The molecular formula is C11H24N2S. The van der Waals surface area contributed by atoms with Crippen LogP contribution in [0.1, 0.15) is 34.1 Å². The minimum absolute atomic E-state index is 0.203. The summed E-state index contributed by atoms with van der Waals surface area (Å²) in [5.74, 6) is 1.25. The van der Waals surface area contributed by atoms with E-state index < -0.39 is 0 Å². The van der Waals surface area contributed by atoms with Crippen LogP contribution in [0.3, 0.4) is 0 Å². The van der Waals surface area contributed by atoms with Gasteiger partial charge in [-0.05, 0) is 20.3 Å². The monoisotopic (exact) mass is 216 g/mol. The maximum absolute atomic E-state index is 5.91. The van der Waals surface area contributed by atoms with E-state index >= 15 is 0 Å². The van der Waals surface area contributed by atoms with Crippen LogP contribution in [0.15, 0.2) is 0 Å². The van der Waals surface area contributed by atoms with E-state index in [9.17, 15) is 0 Å². The third-order valence-electron chi connectivity index (χ3n) is 3.78. The summed E-state index contributed by atoms with van der Waals surface area (Å²) in [4.78, 5) is 2.61. The lowest BCUT2D eigenvalue weighted by molar-refractivity contribution is 0.0682. The lowest BCUT2D eigenvalue weighted by Gasteiger charge is -2.48. The second-order valence-corrected chi connectivity index (χ2v) is 6.05. The van der Waals surface area contributed by atoms with Crippen molar-refractivity contribution in [1.29, 1.82) is 0 Å². The third kappa shape index (κ3) is 2.26. The summed E-state index contributed by atoms with van der Waals surface area (Å²) in [6.07, 6.45) is 1.14. The maximum atomic E-state index is 5.91. The summed E-state index contributed by atoms with van der Waals surface area (Å²) >= 11 is 2.08. The van der Waals surface area contributed by atoms with Gasteiger partial charge in [-0.1, -0.05) is 13.8 Å². The SMILES string of the molecule is CCC(C)(CN)N1CCSC(C)C1C. The molecule has 0 aromatic carbocycles. The van der Waals surface area contributed by atoms with Gasteiger partial charge in [0.15, 0.2) is 0 Å². The Bertz CT molecular complexity index is 180. The van der Waals surface area contributed by atoms with Gasteiger partial charge in [0, 0.05) is 35.7 Å². The van der Waals surface area contributed by atoms with Gasteiger partial charge < -0.3 is 5.73 Å². The number of hydrogen-bond acceptors (Lipinski definition) is 3. The smallest absolute Gasteiger partial charge is 0.0304 e. The van der Waals surface area contributed by atoms with Crippen molar-refractivity contribution in [2.75, 3.05) is 18.8 Å². The molecule has 3 unspecified atom stereocenters. The summed E-state index contributed by atoms with van der Waals surface area (Å²) in [5, 5.41) is 0.737. The first-order valence-corrected chi connectivity index (χ1v) is 6.68. The number of nitrogens with zero attached hydrogens (tertiary/aromatic N) is 1. The van der Waals surface area contributed by atoms with Gasteiger partial charge in [0.05, 0.1) is 0 Å². The molecule has 3 atom stereocenters. The first kappa shape index (κ1) is 12.3. The van der Waals surface area contributed by atoms with Crippen LogP contribution in [-0.2, 0) is 0 Å². The molecule has 0 radical (unpaired) electrons. The quantitative estimate of drug-likeness (QED) is 0.782. The normalized spacial score (nSPS) is 34.1. The van der Waals surface area contributed by atoms with Crippen molar-refractivity contribution in [2.45, 2.75) is 50.9 Å². The predicted molar refractivity (Wildman–Crippen MR) is 65.8 cm³/mol. The van der Waals surface area contributed by atoms with Crippen LogP contribution in [0, 0.1) is 0 Å². The minimum atomic E-state index is 0.203. The van der Waals surface area contributed by atoms with Gasteiger partial charge in [0.1, 0.15) is 0 Å². The highest BCUT2D eigenvalue weighted by Crippen LogP contribution is 2.31. The Morgan fingerprint density at radius 2 is 2.14 bits per heavy atom. The molecule has 1 aliphatic heterocycles. The zero-order chi connectivity index (χ0) is 10.8. The largest absolute Gasteiger partial charge is 0.329 e. The fourth-order valence-corrected chi connectivity index (χ4v) is 3.26. The van der Waals surface area contributed by atoms with Crippen molar-refractivity contribution >= 4 is 11.8 Å². The van der Waals surface area contributed by atoms with Gasteiger partial charge in [-0.25, -0.2) is 0 Å². The molecule has 1 rings (SSSR count). The summed E-state index contributed by atoms with van der Waals surface area (Å²) in [6.45, 7) is 11.2. The van der Waals surface area contributed by atoms with Crippen LogP contribution in [0.5, 0.6) is 0 Å². The van der Waals surface area contributed by atoms with E-state index in [1.54, 1.807) is 0 Å². The summed E-state index contributed by atoms with van der Waals surface area (Å²) in [6, 6.07) is 0.655. The van der Waals surface area contributed by atoms with E-state index in [2.05, 4.69) is 44.4 Å². The topological polar surface area (TPSA) is 29.3 Å². The van der Waals surface area contributed by atoms with Crippen LogP contribution in [0.4, 0.5) is 0 Å². The lowest BCUT2D eigenvalue weighted by atomic mass is 9.94. The van der Waals surface area contributed by atoms with Gasteiger partial charge in [-0.2, -0.15) is 11.8 Å². The predicted octanol–water partition coefficient (Wildman–Crippen LogP) is 1.94. The van der Waals surface area contributed by atoms with Crippen LogP contribution in [0.25, 0.3) is 0 Å². The first-order valence-electron chi connectivity index (χ1n) is 5.63. The molecular weight excluding hydrogens is 192 g/mol. The van der Waals surface area contributed by atoms with Gasteiger partial charge in [-0.3, -0.25) is 4.90 Å². The zero-order valence-corrected chi connectivity index (χ0v) is 10.7. The standard InChI is InChI=1S/C11H24N2S/c1-5-11(4,8-12)13-6-7-14-10(3)9(13)2/h9-10H,5-8,12H2,1-4H3. The fourth-order valence-electron chi connectivity index (χ4n) is 2.16. The number of hydrogen-bond donors (Lipinski definition) is 1. The number of thioether (sulfide) groups is 1. The average molecular weight is 216 g/mol. The Morgan fingerprint density at radius 3 is 2.64 bits per heavy atom. The molecule has 1 aliphatic rings. The molecule has 1 heterocycles. The van der Waals surface area contributed by atoms with E-state index in [-0.39, 0.29) is 5.54 Å². The number of nitrogens with two attached hydrogens (primary N) is 1. The van der Waals surface area contributed by atoms with Crippen molar-refractivity contribution in [2.24, 2.45) is 5.73 Å². The van der Waals surface area contributed by atoms with Crippen LogP contribution in [-0.4, -0.2) is 40.6 Å². The summed E-state index contributed by atoms with van der Waals surface area (Å²) in [7, 11) is 0. The molecule has 3 heteroatoms. The van der Waals surface area contributed by atoms with E-state index in [0.29, 0.717) is 6.04 Å². The fraction of sp³-hybridized carbons (Fsp3) is 1.00. The van der Waals surface area contributed by atoms with Crippen molar-refractivity contribution in [1.82, 2.24) is 4.90 Å². The molecule has 1 fully saturated rings. The molecule has 0 saturated carbocycles. The minimum Gasteiger partial charge on any atom is -0.329 e. The maximum Gasteiger partial charge on any atom is 0.0304 e. The van der Waals surface area contributed by atoms with E-state index in [0.717, 1.165) is 18.2 Å². The van der Waals surface area contributed by atoms with Crippen molar-refractivity contribution in [3.05, 3.63) is 0 Å². The highest BCUT2D eigenvalue weighted by Gasteiger charge is 2.36. The molecule has 2 nitrogen and oxygen atoms in total. The average Bonchev–Trinajstić information content (AvgIpc) is 2.21. The van der Waals surface area contributed by atoms with Gasteiger partial charge >= 0.3 is 0 Å². The van der Waals surface area contributed by atoms with Gasteiger partial charge in [-0.15, -0.1) is 0 Å². The molecule has 84 valence electrons. The Morgan fingerprint density at radius 1 is 1.50 bits per heavy atom. The lowest BCUT2D eigenvalue weighted by Crippen LogP contribution is -2.59. The van der Waals surface area contributed by atoms with E-state index in [1.807, 2.05) is 0 Å². The Hall–Kier alpha value is 0.270. The third-order valence-corrected chi connectivity index (χ3v) is 5.12. The highest BCUT2D eigenvalue weighted by atomic mass is 32.2. The van der Waals surface area contributed by atoms with Gasteiger partial charge in [0.2, 0.25) is 0 Å². The summed E-state index contributed by atoms with van der Waals surface area (Å²) in [5.41, 5.74) is 6.11. The Balaban J connectivity index is 2.74. The van der Waals surface area contributed by atoms with E-state index in [1.165, 1.54) is 12.3 Å². The highest BCUT2D eigenvalue weighted by molar-refractivity contribution is 8.00. The second kappa shape index (κ2) is 4.86. The molecule has 0 aromatic rings. The van der Waals surface area contributed by atoms with Crippen LogP contribution in [0.2, 0.25) is 0 Å². The zero-order valence-electron chi connectivity index (χ0n) is 9.92. The number of rotatable bonds is 3. The van der Waals surface area contributed by atoms with E-state index in [4.69, 9.17) is 5.73 Å². The second-order valence-electron chi connectivity index (χ2n) is 4.56. The molecule has 0 aromatic heterocycles. The molecule has 0 bridgehead atoms. The molecule has 0 spiro atoms. The first-order chi connectivity index (χ1) is 6.55. The van der Waals surface area contributed by atoms with Gasteiger partial charge in [0.25, 0.3) is 0 Å². The summed E-state index contributed by atoms with van der Waals surface area (Å²) < 4.78 is 0. The van der Waals surface area contributed by atoms with Crippen LogP contribution >= 0.6 is 11.8 Å². The molecule has 0 aliphatic carbocycles. The van der Waals surface area contributed by atoms with Crippen molar-refractivity contribution in [3.63, 3.8) is 0 Å². The molecule has 1 saturated heterocycles. The Kier molecular flexibility index (Phi) is 4.29. The Labute approximate surface area is 92.6 Å². The van der Waals surface area contributed by atoms with Crippen molar-refractivity contribution < 1.29 is 0 Å². The van der Waals surface area contributed by atoms with Crippen molar-refractivity contribution in [3.8, 4) is 0 Å². The molecule has 0 amide bonds.